The van der Waals surface area contributed by atoms with Crippen LogP contribution in [-0.2, 0) is 0 Å². The highest BCUT2D eigenvalue weighted by molar-refractivity contribution is 8.01. The van der Waals surface area contributed by atoms with E-state index in [1.165, 1.54) is 23.1 Å². The molecular formula is C22H21N3O3S2. The number of nitrogens with zero attached hydrogens (tertiary/aromatic N) is 2. The molecule has 0 radical (unpaired) electrons. The summed E-state index contributed by atoms with van der Waals surface area (Å²) in [6, 6.07) is 21.7. The summed E-state index contributed by atoms with van der Waals surface area (Å²) in [5.41, 5.74) is 0.830. The number of fused-ring (bicyclic) bond motifs is 1. The molecule has 1 heterocycles. The number of nitrogens with one attached hydrogen (secondary N) is 1. The van der Waals surface area contributed by atoms with Crippen molar-refractivity contribution in [1.29, 1.82) is 0 Å². The van der Waals surface area contributed by atoms with Crippen LogP contribution in [-0.4, -0.2) is 40.9 Å². The van der Waals surface area contributed by atoms with E-state index in [1.807, 2.05) is 60.7 Å². The van der Waals surface area contributed by atoms with Crippen LogP contribution in [0.2, 0.25) is 0 Å². The third-order valence-corrected chi connectivity index (χ3v) is 6.43. The van der Waals surface area contributed by atoms with Crippen LogP contribution in [0, 0.1) is 0 Å². The molecule has 0 aliphatic rings. The van der Waals surface area contributed by atoms with Crippen LogP contribution in [0.15, 0.2) is 71.1 Å². The average molecular weight is 440 g/mol. The van der Waals surface area contributed by atoms with E-state index in [2.05, 4.69) is 21.6 Å². The van der Waals surface area contributed by atoms with Gasteiger partial charge in [0.25, 0.3) is 0 Å². The minimum absolute atomic E-state index is 0.219. The van der Waals surface area contributed by atoms with Crippen molar-refractivity contribution >= 4 is 44.7 Å². The molecule has 4 aromatic rings. The fourth-order valence-electron chi connectivity index (χ4n) is 2.85. The van der Waals surface area contributed by atoms with Crippen molar-refractivity contribution in [2.75, 3.05) is 24.8 Å². The van der Waals surface area contributed by atoms with E-state index in [4.69, 9.17) is 9.47 Å². The van der Waals surface area contributed by atoms with E-state index >= 15 is 0 Å². The van der Waals surface area contributed by atoms with Gasteiger partial charge < -0.3 is 19.9 Å². The monoisotopic (exact) mass is 439 g/mol. The Hall–Kier alpha value is -2.81. The predicted molar refractivity (Wildman–Crippen MR) is 122 cm³/mol. The molecule has 0 aliphatic heterocycles. The van der Waals surface area contributed by atoms with Crippen molar-refractivity contribution < 1.29 is 14.6 Å². The van der Waals surface area contributed by atoms with Gasteiger partial charge in [0.2, 0.25) is 5.13 Å². The van der Waals surface area contributed by atoms with Gasteiger partial charge in [0.05, 0.1) is 18.9 Å². The molecule has 30 heavy (non-hydrogen) atoms. The molecule has 4 rings (SSSR count). The minimum Gasteiger partial charge on any atom is -0.495 e. The van der Waals surface area contributed by atoms with Gasteiger partial charge >= 0.3 is 0 Å². The van der Waals surface area contributed by atoms with Gasteiger partial charge in [-0.3, -0.25) is 0 Å². The van der Waals surface area contributed by atoms with Crippen LogP contribution in [0.1, 0.15) is 0 Å². The number of rotatable bonds is 9. The molecule has 0 amide bonds. The lowest BCUT2D eigenvalue weighted by molar-refractivity contribution is 0.126. The summed E-state index contributed by atoms with van der Waals surface area (Å²) in [6.07, 6.45) is -0.615. The SMILES string of the molecule is COc1ccccc1Nc1nnc(SCC(O)COc2ccc3ccccc3c2)s1. The van der Waals surface area contributed by atoms with Crippen molar-refractivity contribution in [1.82, 2.24) is 10.2 Å². The van der Waals surface area contributed by atoms with E-state index in [-0.39, 0.29) is 6.61 Å². The molecular weight excluding hydrogens is 418 g/mol. The van der Waals surface area contributed by atoms with E-state index in [9.17, 15) is 5.11 Å². The van der Waals surface area contributed by atoms with E-state index in [0.717, 1.165) is 32.3 Å². The third-order valence-electron chi connectivity index (χ3n) is 4.32. The fraction of sp³-hybridized carbons (Fsp3) is 0.182. The van der Waals surface area contributed by atoms with E-state index in [1.54, 1.807) is 7.11 Å². The number of aromatic nitrogens is 2. The van der Waals surface area contributed by atoms with Crippen molar-refractivity contribution in [3.8, 4) is 11.5 Å². The summed E-state index contributed by atoms with van der Waals surface area (Å²) >= 11 is 2.88. The summed E-state index contributed by atoms with van der Waals surface area (Å²) in [5.74, 6) is 1.96. The molecule has 0 aliphatic carbocycles. The lowest BCUT2D eigenvalue weighted by atomic mass is 10.1. The molecule has 3 aromatic carbocycles. The molecule has 1 atom stereocenters. The Bertz CT molecular complexity index is 1120. The highest BCUT2D eigenvalue weighted by Crippen LogP contribution is 2.31. The Morgan fingerprint density at radius 2 is 1.83 bits per heavy atom. The number of anilines is 2. The van der Waals surface area contributed by atoms with Gasteiger partial charge in [-0.25, -0.2) is 0 Å². The second-order valence-corrected chi connectivity index (χ2v) is 8.73. The molecule has 0 spiro atoms. The summed E-state index contributed by atoms with van der Waals surface area (Å²) < 4.78 is 11.9. The number of aliphatic hydroxyl groups excluding tert-OH is 1. The Morgan fingerprint density at radius 1 is 1.03 bits per heavy atom. The topological polar surface area (TPSA) is 76.5 Å². The summed E-state index contributed by atoms with van der Waals surface area (Å²) in [5, 5.41) is 24.8. The lowest BCUT2D eigenvalue weighted by Crippen LogP contribution is -2.20. The second kappa shape index (κ2) is 9.80. The van der Waals surface area contributed by atoms with Gasteiger partial charge in [-0.1, -0.05) is 65.6 Å². The Labute approximate surface area is 182 Å². The van der Waals surface area contributed by atoms with E-state index in [0.29, 0.717) is 10.9 Å². The maximum atomic E-state index is 10.3. The molecule has 2 N–H and O–H groups in total. The van der Waals surface area contributed by atoms with Gasteiger partial charge in [0.15, 0.2) is 4.34 Å². The first kappa shape index (κ1) is 20.5. The Kier molecular flexibility index (Phi) is 6.68. The average Bonchev–Trinajstić information content (AvgIpc) is 3.24. The van der Waals surface area contributed by atoms with Crippen LogP contribution >= 0.6 is 23.1 Å². The van der Waals surface area contributed by atoms with Gasteiger partial charge in [0, 0.05) is 5.75 Å². The Balaban J connectivity index is 1.27. The van der Waals surface area contributed by atoms with Gasteiger partial charge in [-0.05, 0) is 35.0 Å². The van der Waals surface area contributed by atoms with Crippen LogP contribution in [0.3, 0.4) is 0 Å². The number of hydrogen-bond acceptors (Lipinski definition) is 8. The third kappa shape index (κ3) is 5.21. The Morgan fingerprint density at radius 3 is 2.70 bits per heavy atom. The summed E-state index contributed by atoms with van der Waals surface area (Å²) in [7, 11) is 1.63. The maximum absolute atomic E-state index is 10.3. The number of aliphatic hydroxyl groups is 1. The first-order valence-corrected chi connectivity index (χ1v) is 11.2. The zero-order chi connectivity index (χ0) is 20.8. The quantitative estimate of drug-likeness (QED) is 0.356. The lowest BCUT2D eigenvalue weighted by Gasteiger charge is -2.12. The number of ether oxygens (including phenoxy) is 2. The molecule has 0 fully saturated rings. The predicted octanol–water partition coefficient (Wildman–Crippen LogP) is 4.98. The number of hydrogen-bond donors (Lipinski definition) is 2. The maximum Gasteiger partial charge on any atom is 0.210 e. The summed E-state index contributed by atoms with van der Waals surface area (Å²) in [4.78, 5) is 0. The number of para-hydroxylation sites is 2. The molecule has 0 saturated carbocycles. The number of benzene rings is 3. The minimum atomic E-state index is -0.615. The molecule has 1 aromatic heterocycles. The van der Waals surface area contributed by atoms with Crippen LogP contribution in [0.4, 0.5) is 10.8 Å². The molecule has 154 valence electrons. The van der Waals surface area contributed by atoms with Crippen molar-refractivity contribution in [2.45, 2.75) is 10.4 Å². The van der Waals surface area contributed by atoms with Crippen LogP contribution in [0.25, 0.3) is 10.8 Å². The molecule has 0 saturated heterocycles. The van der Waals surface area contributed by atoms with Crippen LogP contribution < -0.4 is 14.8 Å². The molecule has 0 bridgehead atoms. The zero-order valence-corrected chi connectivity index (χ0v) is 18.0. The fourth-order valence-corrected chi connectivity index (χ4v) is 4.54. The zero-order valence-electron chi connectivity index (χ0n) is 16.3. The van der Waals surface area contributed by atoms with E-state index < -0.39 is 6.10 Å². The first-order valence-electron chi connectivity index (χ1n) is 9.37. The molecule has 8 heteroatoms. The molecule has 1 unspecified atom stereocenters. The number of thioether (sulfide) groups is 1. The van der Waals surface area contributed by atoms with Gasteiger partial charge in [0.1, 0.15) is 18.1 Å². The van der Waals surface area contributed by atoms with Crippen LogP contribution in [0.5, 0.6) is 11.5 Å². The normalized spacial score (nSPS) is 11.9. The smallest absolute Gasteiger partial charge is 0.210 e. The van der Waals surface area contributed by atoms with Crippen molar-refractivity contribution in [3.63, 3.8) is 0 Å². The van der Waals surface area contributed by atoms with Gasteiger partial charge in [-0.2, -0.15) is 0 Å². The van der Waals surface area contributed by atoms with Gasteiger partial charge in [-0.15, -0.1) is 10.2 Å². The first-order chi connectivity index (χ1) is 14.7. The second-order valence-electron chi connectivity index (χ2n) is 6.48. The largest absolute Gasteiger partial charge is 0.495 e. The highest BCUT2D eigenvalue weighted by atomic mass is 32.2. The highest BCUT2D eigenvalue weighted by Gasteiger charge is 2.11. The van der Waals surface area contributed by atoms with Crippen molar-refractivity contribution in [2.24, 2.45) is 0 Å². The number of methoxy groups -OCH3 is 1. The molecule has 6 nitrogen and oxygen atoms in total. The summed E-state index contributed by atoms with van der Waals surface area (Å²) in [6.45, 7) is 0.219. The van der Waals surface area contributed by atoms with Crippen molar-refractivity contribution in [3.05, 3.63) is 66.7 Å². The standard InChI is InChI=1S/C22H21N3O3S2/c1-27-20-9-5-4-8-19(20)23-21-24-25-22(30-21)29-14-17(26)13-28-18-11-10-15-6-2-3-7-16(15)12-18/h2-12,17,26H,13-14H2,1H3,(H,23,24).